The molecule has 0 radical (unpaired) electrons. The van der Waals surface area contributed by atoms with Gasteiger partial charge in [-0.3, -0.25) is 9.59 Å². The van der Waals surface area contributed by atoms with Gasteiger partial charge in [-0.25, -0.2) is 4.98 Å². The minimum atomic E-state index is -0.662. The minimum Gasteiger partial charge on any atom is -0.489 e. The molecule has 1 aromatic heterocycles. The van der Waals surface area contributed by atoms with Crippen LogP contribution in [0.15, 0.2) is 30.5 Å². The molecule has 3 aliphatic heterocycles. The Labute approximate surface area is 206 Å². The van der Waals surface area contributed by atoms with Crippen LogP contribution in [0, 0.1) is 12.8 Å². The van der Waals surface area contributed by atoms with Crippen molar-refractivity contribution in [3.63, 3.8) is 0 Å². The quantitative estimate of drug-likeness (QED) is 0.639. The summed E-state index contributed by atoms with van der Waals surface area (Å²) in [5, 5.41) is 2.69. The van der Waals surface area contributed by atoms with Gasteiger partial charge in [0, 0.05) is 26.2 Å². The molecule has 2 amide bonds. The average molecular weight is 479 g/mol. The number of carbonyl (C=O) groups excluding carboxylic acids is 2. The van der Waals surface area contributed by atoms with Crippen LogP contribution in [0.3, 0.4) is 0 Å². The molecule has 186 valence electrons. The summed E-state index contributed by atoms with van der Waals surface area (Å²) in [5.41, 5.74) is 9.10. The van der Waals surface area contributed by atoms with Crippen LogP contribution in [-0.4, -0.2) is 72.5 Å². The summed E-state index contributed by atoms with van der Waals surface area (Å²) in [6.07, 6.45) is 3.27. The van der Waals surface area contributed by atoms with Gasteiger partial charge in [-0.1, -0.05) is 13.0 Å². The Morgan fingerprint density at radius 2 is 2.00 bits per heavy atom. The minimum absolute atomic E-state index is 0.171. The van der Waals surface area contributed by atoms with E-state index < -0.39 is 11.8 Å². The van der Waals surface area contributed by atoms with Crippen LogP contribution in [-0.2, 0) is 9.59 Å². The summed E-state index contributed by atoms with van der Waals surface area (Å²) >= 11 is 0. The number of rotatable bonds is 2. The third-order valence-electron chi connectivity index (χ3n) is 7.44. The molecule has 4 heterocycles. The van der Waals surface area contributed by atoms with Gasteiger partial charge in [0.1, 0.15) is 18.2 Å². The zero-order valence-electron chi connectivity index (χ0n) is 20.7. The first-order chi connectivity index (χ1) is 16.8. The molecule has 9 heteroatoms. The largest absolute Gasteiger partial charge is 0.489 e. The number of piperazine rings is 1. The van der Waals surface area contributed by atoms with Crippen LogP contribution in [0.4, 0.5) is 17.2 Å². The molecule has 0 saturated carbocycles. The number of amides is 2. The molecule has 5 rings (SSSR count). The lowest BCUT2D eigenvalue weighted by Gasteiger charge is -2.45. The molecule has 2 fully saturated rings. The van der Waals surface area contributed by atoms with Gasteiger partial charge in [-0.05, 0) is 62.1 Å². The maximum atomic E-state index is 13.3. The number of nitrogen functional groups attached to an aromatic ring is 1. The Bertz CT molecular complexity index is 1140. The van der Waals surface area contributed by atoms with E-state index in [0.29, 0.717) is 36.6 Å². The first kappa shape index (κ1) is 23.4. The van der Waals surface area contributed by atoms with Crippen LogP contribution in [0.25, 0.3) is 0 Å². The third kappa shape index (κ3) is 4.65. The summed E-state index contributed by atoms with van der Waals surface area (Å²) < 4.78 is 6.17. The number of anilines is 3. The molecule has 3 atom stereocenters. The summed E-state index contributed by atoms with van der Waals surface area (Å²) in [4.78, 5) is 36.8. The van der Waals surface area contributed by atoms with E-state index in [0.717, 1.165) is 55.0 Å². The highest BCUT2D eigenvalue weighted by Crippen LogP contribution is 2.40. The molecule has 0 aliphatic carbocycles. The summed E-state index contributed by atoms with van der Waals surface area (Å²) in [6, 6.07) is 8.18. The molecule has 2 saturated heterocycles. The molecule has 9 nitrogen and oxygen atoms in total. The number of piperidine rings is 1. The van der Waals surface area contributed by atoms with Crippen molar-refractivity contribution >= 4 is 29.0 Å². The van der Waals surface area contributed by atoms with Crippen molar-refractivity contribution < 1.29 is 14.3 Å². The summed E-state index contributed by atoms with van der Waals surface area (Å²) in [6.45, 7) is 8.11. The number of carbonyl (C=O) groups is 2. The second-order valence-corrected chi connectivity index (χ2v) is 10.2. The van der Waals surface area contributed by atoms with Crippen LogP contribution in [0.5, 0.6) is 5.75 Å². The van der Waals surface area contributed by atoms with Gasteiger partial charge in [0.15, 0.2) is 0 Å². The number of hydrogen-bond donors (Lipinski definition) is 2. The molecule has 0 spiro atoms. The smallest absolute Gasteiger partial charge is 0.313 e. The predicted molar refractivity (Wildman–Crippen MR) is 135 cm³/mol. The zero-order chi connectivity index (χ0) is 24.7. The van der Waals surface area contributed by atoms with Gasteiger partial charge in [-0.15, -0.1) is 0 Å². The average Bonchev–Trinajstić information content (AvgIpc) is 2.85. The van der Waals surface area contributed by atoms with E-state index in [4.69, 9.17) is 10.5 Å². The Hall–Kier alpha value is -3.33. The van der Waals surface area contributed by atoms with Crippen LogP contribution in [0.1, 0.15) is 36.9 Å². The zero-order valence-corrected chi connectivity index (χ0v) is 20.7. The van der Waals surface area contributed by atoms with Crippen molar-refractivity contribution in [1.29, 1.82) is 0 Å². The van der Waals surface area contributed by atoms with Crippen molar-refractivity contribution in [2.75, 3.05) is 55.8 Å². The van der Waals surface area contributed by atoms with E-state index in [1.54, 1.807) is 11.0 Å². The second-order valence-electron chi connectivity index (χ2n) is 10.2. The molecule has 3 aliphatic rings. The van der Waals surface area contributed by atoms with Gasteiger partial charge >= 0.3 is 11.8 Å². The standard InChI is InChI=1S/C26H34N6O3/c1-16-4-6-21(32(13-16)26(34)25(33)29-19-10-17(2)24(27)28-12-19)18-5-7-22-23(11-18)35-15-20-14-30(3)8-9-31(20)22/h5,7,10-12,16,20-21H,4,6,8-9,13-15H2,1-3H3,(H2,27,28)(H,29,33)/t16?,20-,21?/m1/s1. The number of pyridine rings is 1. The van der Waals surface area contributed by atoms with Crippen molar-refractivity contribution in [2.24, 2.45) is 5.92 Å². The van der Waals surface area contributed by atoms with Crippen LogP contribution >= 0.6 is 0 Å². The van der Waals surface area contributed by atoms with Gasteiger partial charge < -0.3 is 30.5 Å². The number of benzene rings is 1. The fraction of sp³-hybridized carbons (Fsp3) is 0.500. The number of hydrogen-bond acceptors (Lipinski definition) is 7. The van der Waals surface area contributed by atoms with E-state index >= 15 is 0 Å². The maximum absolute atomic E-state index is 13.3. The second kappa shape index (κ2) is 9.37. The van der Waals surface area contributed by atoms with Gasteiger partial charge in [0.2, 0.25) is 0 Å². The number of nitrogens with one attached hydrogen (secondary N) is 1. The summed E-state index contributed by atoms with van der Waals surface area (Å²) in [5.74, 6) is 0.390. The number of aryl methyl sites for hydroxylation is 1. The fourth-order valence-corrected chi connectivity index (χ4v) is 5.44. The SMILES string of the molecule is Cc1cc(NC(=O)C(=O)N2CC(C)CCC2c2ccc3c(c2)OC[C@H]2CN(C)CCN32)cnc1N. The molecule has 2 unspecified atom stereocenters. The van der Waals surface area contributed by atoms with E-state index in [1.807, 2.05) is 6.92 Å². The highest BCUT2D eigenvalue weighted by molar-refractivity contribution is 6.39. The molecule has 3 N–H and O–H groups in total. The topological polar surface area (TPSA) is 104 Å². The number of aromatic nitrogens is 1. The Balaban J connectivity index is 1.36. The molecule has 35 heavy (non-hydrogen) atoms. The number of fused-ring (bicyclic) bond motifs is 3. The lowest BCUT2D eigenvalue weighted by molar-refractivity contribution is -0.146. The van der Waals surface area contributed by atoms with Gasteiger partial charge in [0.05, 0.1) is 29.7 Å². The Morgan fingerprint density at radius 1 is 1.17 bits per heavy atom. The van der Waals surface area contributed by atoms with Crippen molar-refractivity contribution in [1.82, 2.24) is 14.8 Å². The molecule has 1 aromatic carbocycles. The first-order valence-electron chi connectivity index (χ1n) is 12.4. The van der Waals surface area contributed by atoms with E-state index in [-0.39, 0.29) is 6.04 Å². The lowest BCUT2D eigenvalue weighted by atomic mass is 9.89. The normalized spacial score (nSPS) is 24.3. The van der Waals surface area contributed by atoms with Crippen LogP contribution in [0.2, 0.25) is 0 Å². The highest BCUT2D eigenvalue weighted by Gasteiger charge is 2.36. The van der Waals surface area contributed by atoms with Crippen LogP contribution < -0.4 is 20.7 Å². The van der Waals surface area contributed by atoms with E-state index in [2.05, 4.69) is 52.3 Å². The monoisotopic (exact) mass is 478 g/mol. The highest BCUT2D eigenvalue weighted by atomic mass is 16.5. The van der Waals surface area contributed by atoms with E-state index in [9.17, 15) is 9.59 Å². The number of nitrogens with zero attached hydrogens (tertiary/aromatic N) is 4. The molecule has 2 aromatic rings. The van der Waals surface area contributed by atoms with Crippen molar-refractivity contribution in [2.45, 2.75) is 38.8 Å². The van der Waals surface area contributed by atoms with Gasteiger partial charge in [0.25, 0.3) is 0 Å². The molecule has 0 bridgehead atoms. The maximum Gasteiger partial charge on any atom is 0.313 e. The fourth-order valence-electron chi connectivity index (χ4n) is 5.44. The number of nitrogens with two attached hydrogens (primary N) is 1. The number of ether oxygens (including phenoxy) is 1. The number of likely N-dealkylation sites (tertiary alicyclic amines) is 1. The van der Waals surface area contributed by atoms with Gasteiger partial charge in [-0.2, -0.15) is 0 Å². The Kier molecular flexibility index (Phi) is 6.27. The number of likely N-dealkylation sites (N-methyl/N-ethyl adjacent to an activating group) is 1. The van der Waals surface area contributed by atoms with E-state index in [1.165, 1.54) is 6.20 Å². The third-order valence-corrected chi connectivity index (χ3v) is 7.44. The Morgan fingerprint density at radius 3 is 2.80 bits per heavy atom. The molecular formula is C26H34N6O3. The predicted octanol–water partition coefficient (Wildman–Crippen LogP) is 2.42. The lowest BCUT2D eigenvalue weighted by Crippen LogP contribution is -2.56. The summed E-state index contributed by atoms with van der Waals surface area (Å²) in [7, 11) is 2.15. The van der Waals surface area contributed by atoms with Crippen molar-refractivity contribution in [3.05, 3.63) is 41.6 Å². The first-order valence-corrected chi connectivity index (χ1v) is 12.4. The molecular weight excluding hydrogens is 444 g/mol. The van der Waals surface area contributed by atoms with Crippen molar-refractivity contribution in [3.8, 4) is 5.75 Å².